The van der Waals surface area contributed by atoms with Gasteiger partial charge in [0, 0.05) is 37.8 Å². The molecule has 0 radical (unpaired) electrons. The predicted octanol–water partition coefficient (Wildman–Crippen LogP) is 3.65. The lowest BCUT2D eigenvalue weighted by Gasteiger charge is -2.32. The lowest BCUT2D eigenvalue weighted by Crippen LogP contribution is -2.43. The van der Waals surface area contributed by atoms with Crippen LogP contribution in [0.3, 0.4) is 0 Å². The molecule has 6 nitrogen and oxygen atoms in total. The van der Waals surface area contributed by atoms with Gasteiger partial charge >= 0.3 is 0 Å². The molecule has 6 heteroatoms. The summed E-state index contributed by atoms with van der Waals surface area (Å²) in [7, 11) is 0. The molecular weight excluding hydrogens is 366 g/mol. The Balaban J connectivity index is 1.37. The van der Waals surface area contributed by atoms with Crippen molar-refractivity contribution >= 4 is 5.91 Å². The van der Waals surface area contributed by atoms with Crippen molar-refractivity contribution in [3.8, 4) is 0 Å². The number of aromatic nitrogens is 1. The Morgan fingerprint density at radius 3 is 2.86 bits per heavy atom. The Kier molecular flexibility index (Phi) is 6.62. The molecular formula is C23H31N3O3. The first-order valence-electron chi connectivity index (χ1n) is 10.9. The highest BCUT2D eigenvalue weighted by molar-refractivity contribution is 5.92. The standard InChI is InChI=1S/C23H31N3O3/c1-2-21-18(15-25-11-5-6-12-25)14-22(29-21)23(27)26-13-7-9-20(16-26)28-17-19-8-3-4-10-24-19/h3-4,8,10,14,20H,2,5-7,9,11-13,15-17H2,1H3. The van der Waals surface area contributed by atoms with E-state index in [1.807, 2.05) is 29.2 Å². The number of likely N-dealkylation sites (tertiary alicyclic amines) is 2. The largest absolute Gasteiger partial charge is 0.456 e. The maximum Gasteiger partial charge on any atom is 0.289 e. The molecule has 2 aromatic heterocycles. The number of amides is 1. The molecule has 1 amide bonds. The Morgan fingerprint density at radius 2 is 2.10 bits per heavy atom. The maximum absolute atomic E-state index is 13.1. The normalized spacial score (nSPS) is 20.3. The van der Waals surface area contributed by atoms with Gasteiger partial charge in [-0.2, -0.15) is 0 Å². The van der Waals surface area contributed by atoms with Gasteiger partial charge in [0.25, 0.3) is 5.91 Å². The van der Waals surface area contributed by atoms with Gasteiger partial charge in [-0.15, -0.1) is 0 Å². The van der Waals surface area contributed by atoms with Gasteiger partial charge in [-0.05, 0) is 57.0 Å². The van der Waals surface area contributed by atoms with E-state index in [9.17, 15) is 4.79 Å². The van der Waals surface area contributed by atoms with E-state index in [-0.39, 0.29) is 12.0 Å². The van der Waals surface area contributed by atoms with Crippen molar-refractivity contribution in [2.24, 2.45) is 0 Å². The minimum atomic E-state index is -0.0153. The number of carbonyl (C=O) groups is 1. The third-order valence-electron chi connectivity index (χ3n) is 5.88. The van der Waals surface area contributed by atoms with Crippen LogP contribution in [0.15, 0.2) is 34.9 Å². The summed E-state index contributed by atoms with van der Waals surface area (Å²) in [6.45, 7) is 7.09. The third kappa shape index (κ3) is 5.06. The van der Waals surface area contributed by atoms with Gasteiger partial charge in [0.15, 0.2) is 5.76 Å². The number of aryl methyl sites for hydroxylation is 1. The zero-order chi connectivity index (χ0) is 20.1. The molecule has 0 bridgehead atoms. The minimum absolute atomic E-state index is 0.0153. The molecule has 4 heterocycles. The fourth-order valence-corrected chi connectivity index (χ4v) is 4.29. The molecule has 2 fully saturated rings. The minimum Gasteiger partial charge on any atom is -0.456 e. The topological polar surface area (TPSA) is 58.8 Å². The summed E-state index contributed by atoms with van der Waals surface area (Å²) in [5.74, 6) is 1.40. The molecule has 0 spiro atoms. The van der Waals surface area contributed by atoms with Crippen LogP contribution < -0.4 is 0 Å². The summed E-state index contributed by atoms with van der Waals surface area (Å²) < 4.78 is 12.0. The zero-order valence-corrected chi connectivity index (χ0v) is 17.3. The van der Waals surface area contributed by atoms with Crippen molar-refractivity contribution in [2.75, 3.05) is 26.2 Å². The van der Waals surface area contributed by atoms with Crippen LogP contribution in [0.2, 0.25) is 0 Å². The van der Waals surface area contributed by atoms with Crippen molar-refractivity contribution < 1.29 is 13.9 Å². The smallest absolute Gasteiger partial charge is 0.289 e. The summed E-state index contributed by atoms with van der Waals surface area (Å²) >= 11 is 0. The van der Waals surface area contributed by atoms with E-state index in [4.69, 9.17) is 9.15 Å². The SMILES string of the molecule is CCc1oc(C(=O)N2CCCC(OCc3ccccn3)C2)cc1CN1CCCC1. The van der Waals surface area contributed by atoms with E-state index in [0.717, 1.165) is 62.5 Å². The Bertz CT molecular complexity index is 799. The van der Waals surface area contributed by atoms with Crippen LogP contribution in [0.25, 0.3) is 0 Å². The Morgan fingerprint density at radius 1 is 1.24 bits per heavy atom. The predicted molar refractivity (Wildman–Crippen MR) is 111 cm³/mol. The molecule has 156 valence electrons. The average molecular weight is 398 g/mol. The number of furan rings is 1. The number of piperidine rings is 1. The van der Waals surface area contributed by atoms with E-state index in [1.165, 1.54) is 12.8 Å². The first-order valence-corrected chi connectivity index (χ1v) is 10.9. The van der Waals surface area contributed by atoms with Crippen molar-refractivity contribution in [1.82, 2.24) is 14.8 Å². The maximum atomic E-state index is 13.1. The monoisotopic (exact) mass is 397 g/mol. The lowest BCUT2D eigenvalue weighted by molar-refractivity contribution is -0.00867. The molecule has 1 unspecified atom stereocenters. The second kappa shape index (κ2) is 9.55. The second-order valence-electron chi connectivity index (χ2n) is 8.04. The summed E-state index contributed by atoms with van der Waals surface area (Å²) in [4.78, 5) is 21.7. The number of ether oxygens (including phenoxy) is 1. The fraction of sp³-hybridized carbons (Fsp3) is 0.565. The molecule has 0 aromatic carbocycles. The lowest BCUT2D eigenvalue weighted by atomic mass is 10.1. The van der Waals surface area contributed by atoms with Crippen molar-refractivity contribution in [2.45, 2.75) is 58.3 Å². The molecule has 29 heavy (non-hydrogen) atoms. The van der Waals surface area contributed by atoms with Crippen LogP contribution in [0.1, 0.15) is 60.2 Å². The number of carbonyl (C=O) groups excluding carboxylic acids is 1. The van der Waals surface area contributed by atoms with E-state index < -0.39 is 0 Å². The fourth-order valence-electron chi connectivity index (χ4n) is 4.29. The van der Waals surface area contributed by atoms with E-state index in [2.05, 4.69) is 16.8 Å². The summed E-state index contributed by atoms with van der Waals surface area (Å²) in [6, 6.07) is 7.79. The number of rotatable bonds is 7. The number of nitrogens with zero attached hydrogens (tertiary/aromatic N) is 3. The zero-order valence-electron chi connectivity index (χ0n) is 17.3. The van der Waals surface area contributed by atoms with Crippen LogP contribution >= 0.6 is 0 Å². The highest BCUT2D eigenvalue weighted by Crippen LogP contribution is 2.23. The number of hydrogen-bond acceptors (Lipinski definition) is 5. The van der Waals surface area contributed by atoms with Crippen LogP contribution in [0.5, 0.6) is 0 Å². The van der Waals surface area contributed by atoms with Gasteiger partial charge < -0.3 is 14.1 Å². The number of pyridine rings is 1. The molecule has 4 rings (SSSR count). The van der Waals surface area contributed by atoms with Gasteiger partial charge in [-0.1, -0.05) is 13.0 Å². The third-order valence-corrected chi connectivity index (χ3v) is 5.88. The van der Waals surface area contributed by atoms with Crippen LogP contribution in [0, 0.1) is 0 Å². The molecule has 2 aromatic rings. The Labute approximate surface area is 172 Å². The molecule has 1 atom stereocenters. The molecule has 2 aliphatic heterocycles. The highest BCUT2D eigenvalue weighted by atomic mass is 16.5. The van der Waals surface area contributed by atoms with Gasteiger partial charge in [0.1, 0.15) is 5.76 Å². The first kappa shape index (κ1) is 20.1. The summed E-state index contributed by atoms with van der Waals surface area (Å²) in [5.41, 5.74) is 2.08. The summed E-state index contributed by atoms with van der Waals surface area (Å²) in [6.07, 6.45) is 7.07. The van der Waals surface area contributed by atoms with E-state index in [0.29, 0.717) is 18.9 Å². The van der Waals surface area contributed by atoms with Gasteiger partial charge in [-0.25, -0.2) is 0 Å². The van der Waals surface area contributed by atoms with Crippen molar-refractivity contribution in [3.63, 3.8) is 0 Å². The van der Waals surface area contributed by atoms with Crippen molar-refractivity contribution in [1.29, 1.82) is 0 Å². The Hall–Kier alpha value is -2.18. The number of hydrogen-bond donors (Lipinski definition) is 0. The quantitative estimate of drug-likeness (QED) is 0.714. The molecule has 0 N–H and O–H groups in total. The van der Waals surface area contributed by atoms with Gasteiger partial charge in [-0.3, -0.25) is 14.7 Å². The second-order valence-corrected chi connectivity index (χ2v) is 8.04. The van der Waals surface area contributed by atoms with Crippen LogP contribution in [-0.2, 0) is 24.3 Å². The average Bonchev–Trinajstić information content (AvgIpc) is 3.43. The molecule has 2 saturated heterocycles. The van der Waals surface area contributed by atoms with Crippen LogP contribution in [-0.4, -0.2) is 53.0 Å². The molecule has 2 aliphatic rings. The highest BCUT2D eigenvalue weighted by Gasteiger charge is 2.28. The molecule has 0 aliphatic carbocycles. The van der Waals surface area contributed by atoms with Gasteiger partial charge in [0.2, 0.25) is 0 Å². The first-order chi connectivity index (χ1) is 14.2. The summed E-state index contributed by atoms with van der Waals surface area (Å²) in [5, 5.41) is 0. The van der Waals surface area contributed by atoms with E-state index >= 15 is 0 Å². The molecule has 0 saturated carbocycles. The van der Waals surface area contributed by atoms with E-state index in [1.54, 1.807) is 6.20 Å². The van der Waals surface area contributed by atoms with Crippen molar-refractivity contribution in [3.05, 3.63) is 53.2 Å². The van der Waals surface area contributed by atoms with Gasteiger partial charge in [0.05, 0.1) is 18.4 Å². The van der Waals surface area contributed by atoms with Crippen LogP contribution in [0.4, 0.5) is 0 Å².